The zero-order chi connectivity index (χ0) is 18.8. The monoisotopic (exact) mass is 399 g/mol. The maximum Gasteiger partial charge on any atom is 0.238 e. The summed E-state index contributed by atoms with van der Waals surface area (Å²) in [7, 11) is 0. The van der Waals surface area contributed by atoms with Gasteiger partial charge in [-0.25, -0.2) is 4.39 Å². The van der Waals surface area contributed by atoms with Crippen LogP contribution in [-0.4, -0.2) is 11.7 Å². The van der Waals surface area contributed by atoms with Crippen molar-refractivity contribution in [3.8, 4) is 11.5 Å². The van der Waals surface area contributed by atoms with Crippen molar-refractivity contribution in [2.45, 2.75) is 5.37 Å². The molecule has 3 aromatic rings. The fourth-order valence-electron chi connectivity index (χ4n) is 2.89. The Kier molecular flexibility index (Phi) is 5.05. The van der Waals surface area contributed by atoms with Gasteiger partial charge in [0.2, 0.25) is 5.91 Å². The van der Waals surface area contributed by atoms with Crippen LogP contribution in [0.25, 0.3) is 0 Å². The molecule has 0 radical (unpaired) electrons. The Labute approximate surface area is 165 Å². The minimum atomic E-state index is -0.289. The molecule has 1 aliphatic rings. The maximum atomic E-state index is 13.2. The van der Waals surface area contributed by atoms with Crippen LogP contribution in [0.2, 0.25) is 5.02 Å². The van der Waals surface area contributed by atoms with E-state index in [4.69, 9.17) is 16.3 Å². The SMILES string of the molecule is O=C1CS[C@@H](c2ccc(F)cc2)N1c1ccc(Oc2ccc(Cl)cc2)cc1. The second kappa shape index (κ2) is 7.62. The standard InChI is InChI=1S/C21H15ClFNO2S/c22-15-3-9-18(10-4-15)26-19-11-7-17(8-12-19)24-20(25)13-27-21(24)14-1-5-16(23)6-2-14/h1-12,21H,13H2/t21-/m0/s1. The van der Waals surface area contributed by atoms with Crippen molar-refractivity contribution >= 4 is 35.0 Å². The average molecular weight is 400 g/mol. The summed E-state index contributed by atoms with van der Waals surface area (Å²) in [6.07, 6.45) is 0. The van der Waals surface area contributed by atoms with Crippen molar-refractivity contribution in [3.05, 3.63) is 89.2 Å². The van der Waals surface area contributed by atoms with Crippen LogP contribution < -0.4 is 9.64 Å². The molecule has 1 amide bonds. The van der Waals surface area contributed by atoms with Gasteiger partial charge in [-0.05, 0) is 66.2 Å². The minimum Gasteiger partial charge on any atom is -0.457 e. The summed E-state index contributed by atoms with van der Waals surface area (Å²) in [4.78, 5) is 14.2. The lowest BCUT2D eigenvalue weighted by molar-refractivity contribution is -0.115. The van der Waals surface area contributed by atoms with Crippen LogP contribution in [0.1, 0.15) is 10.9 Å². The third kappa shape index (κ3) is 3.94. The zero-order valence-electron chi connectivity index (χ0n) is 14.1. The molecule has 0 bridgehead atoms. The van der Waals surface area contributed by atoms with Gasteiger partial charge in [0, 0.05) is 10.7 Å². The van der Waals surface area contributed by atoms with Crippen LogP contribution in [0.15, 0.2) is 72.8 Å². The molecule has 0 N–H and O–H groups in total. The molecular formula is C21H15ClFNO2S. The predicted molar refractivity (Wildman–Crippen MR) is 107 cm³/mol. The van der Waals surface area contributed by atoms with Crippen LogP contribution in [0, 0.1) is 5.82 Å². The number of amides is 1. The van der Waals surface area contributed by atoms with Gasteiger partial charge in [0.1, 0.15) is 22.7 Å². The summed E-state index contributed by atoms with van der Waals surface area (Å²) in [5, 5.41) is 0.482. The zero-order valence-corrected chi connectivity index (χ0v) is 15.7. The highest BCUT2D eigenvalue weighted by Gasteiger charge is 2.34. The first-order valence-corrected chi connectivity index (χ1v) is 9.75. The molecule has 4 rings (SSSR count). The van der Waals surface area contributed by atoms with Crippen molar-refractivity contribution in [2.24, 2.45) is 0 Å². The Morgan fingerprint density at radius 2 is 1.52 bits per heavy atom. The molecule has 6 heteroatoms. The van der Waals surface area contributed by atoms with E-state index in [1.165, 1.54) is 23.9 Å². The molecule has 0 saturated carbocycles. The van der Waals surface area contributed by atoms with Gasteiger partial charge in [-0.15, -0.1) is 11.8 Å². The van der Waals surface area contributed by atoms with Crippen molar-refractivity contribution < 1.29 is 13.9 Å². The van der Waals surface area contributed by atoms with Crippen LogP contribution in [0.4, 0.5) is 10.1 Å². The first-order chi connectivity index (χ1) is 13.1. The Morgan fingerprint density at radius 1 is 0.926 bits per heavy atom. The lowest BCUT2D eigenvalue weighted by Crippen LogP contribution is -2.27. The number of hydrogen-bond donors (Lipinski definition) is 0. The summed E-state index contributed by atoms with van der Waals surface area (Å²) in [6.45, 7) is 0. The molecule has 3 aromatic carbocycles. The summed E-state index contributed by atoms with van der Waals surface area (Å²) in [5.74, 6) is 1.48. The summed E-state index contributed by atoms with van der Waals surface area (Å²) >= 11 is 7.41. The lowest BCUT2D eigenvalue weighted by atomic mass is 10.2. The number of hydrogen-bond acceptors (Lipinski definition) is 3. The van der Waals surface area contributed by atoms with Crippen LogP contribution >= 0.6 is 23.4 Å². The van der Waals surface area contributed by atoms with Crippen LogP contribution in [0.3, 0.4) is 0 Å². The molecule has 0 unspecified atom stereocenters. The number of thioether (sulfide) groups is 1. The van der Waals surface area contributed by atoms with Crippen molar-refractivity contribution in [1.29, 1.82) is 0 Å². The summed E-state index contributed by atoms with van der Waals surface area (Å²) in [6, 6.07) is 20.7. The van der Waals surface area contributed by atoms with Gasteiger partial charge in [-0.2, -0.15) is 0 Å². The number of rotatable bonds is 4. The Morgan fingerprint density at radius 3 is 2.15 bits per heavy atom. The largest absolute Gasteiger partial charge is 0.457 e. The minimum absolute atomic E-state index is 0.0284. The summed E-state index contributed by atoms with van der Waals surface area (Å²) in [5.41, 5.74) is 1.68. The molecule has 1 aliphatic heterocycles. The van der Waals surface area contributed by atoms with E-state index in [0.717, 1.165) is 11.3 Å². The van der Waals surface area contributed by atoms with Crippen molar-refractivity contribution in [2.75, 3.05) is 10.7 Å². The van der Waals surface area contributed by atoms with E-state index >= 15 is 0 Å². The van der Waals surface area contributed by atoms with Gasteiger partial charge in [0.15, 0.2) is 0 Å². The first kappa shape index (κ1) is 17.9. The highest BCUT2D eigenvalue weighted by molar-refractivity contribution is 8.00. The van der Waals surface area contributed by atoms with Gasteiger partial charge in [-0.1, -0.05) is 23.7 Å². The number of ether oxygens (including phenoxy) is 1. The summed E-state index contributed by atoms with van der Waals surface area (Å²) < 4.78 is 19.0. The van der Waals surface area contributed by atoms with E-state index in [2.05, 4.69) is 0 Å². The van der Waals surface area contributed by atoms with E-state index in [1.54, 1.807) is 41.3 Å². The first-order valence-electron chi connectivity index (χ1n) is 8.33. The van der Waals surface area contributed by atoms with E-state index in [9.17, 15) is 9.18 Å². The number of carbonyl (C=O) groups excluding carboxylic acids is 1. The predicted octanol–water partition coefficient (Wildman–Crippen LogP) is 6.05. The fraction of sp³-hybridized carbons (Fsp3) is 0.0952. The molecule has 27 heavy (non-hydrogen) atoms. The lowest BCUT2D eigenvalue weighted by Gasteiger charge is -2.24. The van der Waals surface area contributed by atoms with E-state index < -0.39 is 0 Å². The van der Waals surface area contributed by atoms with Crippen LogP contribution in [0.5, 0.6) is 11.5 Å². The third-order valence-corrected chi connectivity index (χ3v) is 5.65. The second-order valence-electron chi connectivity index (χ2n) is 6.03. The molecule has 136 valence electrons. The van der Waals surface area contributed by atoms with Gasteiger partial charge in [0.05, 0.1) is 5.75 Å². The molecule has 0 spiro atoms. The molecule has 1 atom stereocenters. The van der Waals surface area contributed by atoms with E-state index in [1.807, 2.05) is 24.3 Å². The van der Waals surface area contributed by atoms with E-state index in [0.29, 0.717) is 22.3 Å². The van der Waals surface area contributed by atoms with Crippen molar-refractivity contribution in [1.82, 2.24) is 0 Å². The van der Waals surface area contributed by atoms with E-state index in [-0.39, 0.29) is 17.1 Å². The molecule has 0 aromatic heterocycles. The molecule has 1 heterocycles. The fourth-order valence-corrected chi connectivity index (χ4v) is 4.19. The molecule has 1 fully saturated rings. The highest BCUT2D eigenvalue weighted by atomic mass is 35.5. The molecule has 0 aliphatic carbocycles. The quantitative estimate of drug-likeness (QED) is 0.534. The Balaban J connectivity index is 1.55. The van der Waals surface area contributed by atoms with Crippen molar-refractivity contribution in [3.63, 3.8) is 0 Å². The smallest absolute Gasteiger partial charge is 0.238 e. The highest BCUT2D eigenvalue weighted by Crippen LogP contribution is 2.42. The van der Waals surface area contributed by atoms with Gasteiger partial charge < -0.3 is 4.74 Å². The number of anilines is 1. The number of nitrogens with zero attached hydrogens (tertiary/aromatic N) is 1. The number of halogens is 2. The number of carbonyl (C=O) groups is 1. The third-order valence-electron chi connectivity index (χ3n) is 4.19. The number of benzene rings is 3. The maximum absolute atomic E-state index is 13.2. The van der Waals surface area contributed by atoms with Gasteiger partial charge in [-0.3, -0.25) is 9.69 Å². The Hall–Kier alpha value is -2.50. The Bertz CT molecular complexity index is 945. The van der Waals surface area contributed by atoms with Crippen LogP contribution in [-0.2, 0) is 4.79 Å². The molecular weight excluding hydrogens is 385 g/mol. The normalized spacial score (nSPS) is 16.6. The average Bonchev–Trinajstić information content (AvgIpc) is 3.06. The molecule has 3 nitrogen and oxygen atoms in total. The topological polar surface area (TPSA) is 29.5 Å². The molecule has 1 saturated heterocycles. The van der Waals surface area contributed by atoms with Gasteiger partial charge in [0.25, 0.3) is 0 Å². The second-order valence-corrected chi connectivity index (χ2v) is 7.53. The van der Waals surface area contributed by atoms with Gasteiger partial charge >= 0.3 is 0 Å².